The molecule has 1 aromatic carbocycles. The summed E-state index contributed by atoms with van der Waals surface area (Å²) in [5, 5.41) is 3.82. The van der Waals surface area contributed by atoms with E-state index in [9.17, 15) is 53.5 Å². The molecule has 3 N–H and O–H groups in total. The number of carbonyl (C=O) groups excluding carboxylic acids is 2. The van der Waals surface area contributed by atoms with Crippen LogP contribution in [0.4, 0.5) is 43.9 Å². The number of aromatic nitrogens is 1. The van der Waals surface area contributed by atoms with E-state index in [-0.39, 0.29) is 75.1 Å². The number of hydrogen-bond acceptors (Lipinski definition) is 5. The molecule has 1 fully saturated rings. The van der Waals surface area contributed by atoms with E-state index in [4.69, 9.17) is 4.84 Å². The van der Waals surface area contributed by atoms with Crippen LogP contribution in [0.25, 0.3) is 0 Å². The fourth-order valence-electron chi connectivity index (χ4n) is 3.55. The first-order valence-electron chi connectivity index (χ1n) is 11.1. The maximum Gasteiger partial charge on any atom is 1.00 e. The van der Waals surface area contributed by atoms with Crippen molar-refractivity contribution >= 4 is 11.8 Å². The first kappa shape index (κ1) is 37.2. The molecule has 0 bridgehead atoms. The van der Waals surface area contributed by atoms with Crippen LogP contribution >= 0.6 is 0 Å². The molecule has 1 aromatic heterocycles. The van der Waals surface area contributed by atoms with E-state index in [1.807, 2.05) is 0 Å². The van der Waals surface area contributed by atoms with Gasteiger partial charge in [0.2, 0.25) is 5.91 Å². The summed E-state index contributed by atoms with van der Waals surface area (Å²) in [6.45, 7) is -1.66. The van der Waals surface area contributed by atoms with Crippen molar-refractivity contribution in [1.29, 1.82) is 0 Å². The number of benzene rings is 1. The molecule has 41 heavy (non-hydrogen) atoms. The van der Waals surface area contributed by atoms with Crippen molar-refractivity contribution in [3.05, 3.63) is 70.9 Å². The smallest absolute Gasteiger partial charge is 0.425 e. The van der Waals surface area contributed by atoms with Gasteiger partial charge in [-0.25, -0.2) is 13.8 Å². The Bertz CT molecular complexity index is 1180. The Hall–Kier alpha value is -1.83. The summed E-state index contributed by atoms with van der Waals surface area (Å²) in [7, 11) is 0. The minimum atomic E-state index is -4.86. The first-order chi connectivity index (χ1) is 18.6. The number of aryl methyl sites for hydroxylation is 1. The van der Waals surface area contributed by atoms with Crippen molar-refractivity contribution in [2.45, 2.75) is 44.3 Å². The van der Waals surface area contributed by atoms with Gasteiger partial charge in [-0.3, -0.25) is 14.4 Å². The molecule has 1 aliphatic heterocycles. The van der Waals surface area contributed by atoms with Crippen LogP contribution in [0.15, 0.2) is 30.3 Å². The van der Waals surface area contributed by atoms with Gasteiger partial charge in [-0.05, 0) is 43.2 Å². The van der Waals surface area contributed by atoms with Crippen LogP contribution in [0.5, 0.6) is 0 Å². The summed E-state index contributed by atoms with van der Waals surface area (Å²) in [4.78, 5) is 32.7. The van der Waals surface area contributed by atoms with Crippen molar-refractivity contribution in [3.63, 3.8) is 0 Å². The summed E-state index contributed by atoms with van der Waals surface area (Å²) in [6, 6.07) is 4.79. The second-order valence-electron chi connectivity index (χ2n) is 8.25. The van der Waals surface area contributed by atoms with Gasteiger partial charge in [0.25, 0.3) is 12.3 Å². The van der Waals surface area contributed by atoms with E-state index >= 15 is 0 Å². The monoisotopic (exact) mass is 630 g/mol. The van der Waals surface area contributed by atoms with Crippen LogP contribution in [0.3, 0.4) is 0 Å². The third kappa shape index (κ3) is 11.8. The summed E-state index contributed by atoms with van der Waals surface area (Å²) >= 11 is 0. The van der Waals surface area contributed by atoms with Crippen molar-refractivity contribution in [2.24, 2.45) is 0 Å². The second kappa shape index (κ2) is 16.1. The predicted octanol–water partition coefficient (Wildman–Crippen LogP) is 2.51. The molecule has 2 heterocycles. The average molecular weight is 631 g/mol. The second-order valence-corrected chi connectivity index (χ2v) is 8.25. The van der Waals surface area contributed by atoms with Crippen LogP contribution in [0.2, 0.25) is 0 Å². The Labute approximate surface area is 269 Å². The topological polar surface area (TPSA) is 92.3 Å². The quantitative estimate of drug-likeness (QED) is 0.249. The van der Waals surface area contributed by atoms with Gasteiger partial charge in [-0.2, -0.15) is 31.8 Å². The molecule has 1 aliphatic rings. The molecule has 0 saturated carbocycles. The molecule has 2 unspecified atom stereocenters. The number of halogens is 10. The van der Waals surface area contributed by atoms with E-state index in [0.717, 1.165) is 0 Å². The van der Waals surface area contributed by atoms with Gasteiger partial charge in [0.1, 0.15) is 18.3 Å². The number of amides is 2. The number of pyridine rings is 1. The summed E-state index contributed by atoms with van der Waals surface area (Å²) in [5.41, 5.74) is 1.09. The molecule has 2 amide bonds. The molecule has 2 aromatic rings. The summed E-state index contributed by atoms with van der Waals surface area (Å²) in [5.74, 6) is -1.75. The van der Waals surface area contributed by atoms with Crippen LogP contribution in [-0.4, -0.2) is 36.1 Å². The zero-order valence-electron chi connectivity index (χ0n) is 21.3. The van der Waals surface area contributed by atoms with Crippen LogP contribution in [-0.2, 0) is 15.8 Å². The van der Waals surface area contributed by atoms with Gasteiger partial charge < -0.3 is 19.4 Å². The molecule has 0 radical (unpaired) electrons. The van der Waals surface area contributed by atoms with Gasteiger partial charge in [0, 0.05) is 12.0 Å². The van der Waals surface area contributed by atoms with Crippen LogP contribution in [0.1, 0.15) is 63.4 Å². The Morgan fingerprint density at radius 1 is 1.10 bits per heavy atom. The number of nitrogens with one attached hydrogen (secondary N) is 3. The fourth-order valence-corrected chi connectivity index (χ4v) is 3.55. The minimum absolute atomic E-state index is 0. The number of hydroxylamine groups is 1. The van der Waals surface area contributed by atoms with Gasteiger partial charge in [-0.1, -0.05) is 12.1 Å². The van der Waals surface area contributed by atoms with E-state index in [1.54, 1.807) is 18.3 Å². The largest absolute Gasteiger partial charge is 1.00 e. The molecular formula is C23H21F10KN4O3. The maximum absolute atomic E-state index is 13.1. The first-order valence-corrected chi connectivity index (χ1v) is 11.1. The van der Waals surface area contributed by atoms with Gasteiger partial charge in [-0.15, -0.1) is 0 Å². The molecule has 3 rings (SSSR count). The van der Waals surface area contributed by atoms with Crippen LogP contribution in [0, 0.1) is 13.9 Å². The molecule has 222 valence electrons. The number of rotatable bonds is 7. The normalized spacial score (nSPS) is 16.9. The van der Waals surface area contributed by atoms with Crippen LogP contribution < -0.4 is 67.5 Å². The van der Waals surface area contributed by atoms with Crippen molar-refractivity contribution in [3.8, 4) is 0 Å². The molecule has 1 saturated heterocycles. The number of carbonyl (C=O) groups is 2. The standard InChI is InChI=1S/C22H20F8N4O3.CHF2.K/c1-10-4-11(2-3-13(10)20(36)31-8-18(35)32-9-21(25,26)27)14-7-17(37-34-14)15-5-12(22(28,29)30)6-16(33-15)19(23)24;2-1-3;/h2-6,14,17,19,34H,7-9H2,1H3,(H,31,36)(H,32,35);1H;/q;-1;+1. The fraction of sp³-hybridized carbons (Fsp3) is 0.391. The molecule has 2 atom stereocenters. The Balaban J connectivity index is 0.00000201. The van der Waals surface area contributed by atoms with Crippen molar-refractivity contribution in [2.75, 3.05) is 13.1 Å². The maximum atomic E-state index is 13.1. The number of nitrogens with zero attached hydrogens (tertiary/aromatic N) is 1. The SMILES string of the molecule is Cc1cc(C2CC(c3cc(C(F)(F)F)cc(C(F)F)n3)ON2)ccc1C(=O)NCC(=O)NCC(F)(F)F.F[CH-]F.[K+]. The average Bonchev–Trinajstić information content (AvgIpc) is 3.36. The van der Waals surface area contributed by atoms with E-state index in [2.05, 4.69) is 15.8 Å². The Morgan fingerprint density at radius 3 is 2.27 bits per heavy atom. The van der Waals surface area contributed by atoms with Gasteiger partial charge >= 0.3 is 63.7 Å². The molecule has 0 aliphatic carbocycles. The van der Waals surface area contributed by atoms with E-state index in [0.29, 0.717) is 17.2 Å². The Morgan fingerprint density at radius 2 is 1.73 bits per heavy atom. The third-order valence-corrected chi connectivity index (χ3v) is 5.34. The van der Waals surface area contributed by atoms with Crippen molar-refractivity contribution < 1.29 is 110 Å². The zero-order chi connectivity index (χ0) is 30.3. The van der Waals surface area contributed by atoms with E-state index < -0.39 is 74.0 Å². The van der Waals surface area contributed by atoms with Crippen molar-refractivity contribution in [1.82, 2.24) is 21.1 Å². The minimum Gasteiger partial charge on any atom is -0.425 e. The molecular weight excluding hydrogens is 609 g/mol. The van der Waals surface area contributed by atoms with Gasteiger partial charge in [0.05, 0.1) is 23.8 Å². The number of hydrogen-bond donors (Lipinski definition) is 3. The van der Waals surface area contributed by atoms with E-state index in [1.165, 1.54) is 12.1 Å². The molecule has 0 spiro atoms. The molecule has 7 nitrogen and oxygen atoms in total. The summed E-state index contributed by atoms with van der Waals surface area (Å²) in [6.07, 6.45) is -13.7. The predicted molar refractivity (Wildman–Crippen MR) is 118 cm³/mol. The summed E-state index contributed by atoms with van der Waals surface area (Å²) < 4.78 is 121. The van der Waals surface area contributed by atoms with Gasteiger partial charge in [0.15, 0.2) is 0 Å². The zero-order valence-corrected chi connectivity index (χ0v) is 24.4. The molecule has 18 heteroatoms. The third-order valence-electron chi connectivity index (χ3n) is 5.34. The number of alkyl halides is 8. The Kier molecular flexibility index (Phi) is 14.6.